The molecule has 1 aliphatic carbocycles. The number of piperidine rings is 1. The van der Waals surface area contributed by atoms with Crippen molar-refractivity contribution >= 4 is 5.78 Å². The zero-order valence-corrected chi connectivity index (χ0v) is 13.8. The van der Waals surface area contributed by atoms with Crippen molar-refractivity contribution in [2.45, 2.75) is 57.3 Å². The van der Waals surface area contributed by atoms with E-state index in [0.29, 0.717) is 12.0 Å². The summed E-state index contributed by atoms with van der Waals surface area (Å²) in [5.41, 5.74) is 1.72. The van der Waals surface area contributed by atoms with E-state index in [9.17, 15) is 4.79 Å². The Morgan fingerprint density at radius 3 is 2.86 bits per heavy atom. The van der Waals surface area contributed by atoms with Crippen molar-refractivity contribution in [3.05, 3.63) is 11.6 Å². The van der Waals surface area contributed by atoms with Gasteiger partial charge in [-0.3, -0.25) is 4.79 Å². The first-order chi connectivity index (χ1) is 10.6. The van der Waals surface area contributed by atoms with Gasteiger partial charge in [0.15, 0.2) is 5.78 Å². The van der Waals surface area contributed by atoms with Crippen molar-refractivity contribution in [3.8, 4) is 0 Å². The van der Waals surface area contributed by atoms with Gasteiger partial charge in [-0.2, -0.15) is 0 Å². The summed E-state index contributed by atoms with van der Waals surface area (Å²) in [4.78, 5) is 14.3. The van der Waals surface area contributed by atoms with Gasteiger partial charge in [0.25, 0.3) is 0 Å². The van der Waals surface area contributed by atoms with Gasteiger partial charge in [0.1, 0.15) is 6.10 Å². The lowest BCUT2D eigenvalue weighted by molar-refractivity contribution is -0.153. The topological polar surface area (TPSA) is 41.6 Å². The summed E-state index contributed by atoms with van der Waals surface area (Å²) in [6, 6.07) is 0.534. The lowest BCUT2D eigenvalue weighted by Gasteiger charge is -2.55. The summed E-state index contributed by atoms with van der Waals surface area (Å²) in [5, 5.41) is 3.70. The molecular weight excluding hydrogens is 276 g/mol. The molecule has 0 amide bonds. The normalized spacial score (nSPS) is 40.9. The van der Waals surface area contributed by atoms with Crippen LogP contribution in [0.5, 0.6) is 0 Å². The van der Waals surface area contributed by atoms with E-state index in [-0.39, 0.29) is 23.4 Å². The van der Waals surface area contributed by atoms with Gasteiger partial charge < -0.3 is 15.0 Å². The molecule has 0 aromatic carbocycles. The molecule has 0 aromatic heterocycles. The molecular formula is C18H28N2O2. The molecule has 4 rings (SSSR count). The first kappa shape index (κ1) is 14.9. The van der Waals surface area contributed by atoms with Crippen molar-refractivity contribution in [3.63, 3.8) is 0 Å². The largest absolute Gasteiger partial charge is 0.362 e. The maximum absolute atomic E-state index is 11.9. The van der Waals surface area contributed by atoms with Gasteiger partial charge in [-0.1, -0.05) is 6.08 Å². The quantitative estimate of drug-likeness (QED) is 0.750. The smallest absolute Gasteiger partial charge is 0.158 e. The Hall–Kier alpha value is -0.710. The van der Waals surface area contributed by atoms with Crippen LogP contribution >= 0.6 is 0 Å². The molecule has 0 bridgehead atoms. The summed E-state index contributed by atoms with van der Waals surface area (Å²) in [6.45, 7) is 5.12. The Kier molecular flexibility index (Phi) is 3.67. The van der Waals surface area contributed by atoms with Crippen molar-refractivity contribution in [2.24, 2.45) is 11.3 Å². The molecule has 1 N–H and O–H groups in total. The molecule has 4 nitrogen and oxygen atoms in total. The number of hydrogen-bond acceptors (Lipinski definition) is 4. The zero-order valence-electron chi connectivity index (χ0n) is 13.8. The standard InChI is InChI=1S/C18H28N2O2/c1-12(21)16-4-3-13-11-15-14(5-8-19-15)18(17(13)22-16)6-9-20(2)10-7-18/h11,14-17,19H,3-10H2,1-2H3. The number of rotatable bonds is 1. The maximum atomic E-state index is 11.9. The molecule has 0 aromatic rings. The molecule has 3 saturated heterocycles. The Morgan fingerprint density at radius 1 is 1.36 bits per heavy atom. The van der Waals surface area contributed by atoms with Gasteiger partial charge in [0, 0.05) is 11.5 Å². The number of Topliss-reactive ketones (excluding diaryl/α,β-unsaturated/α-hetero) is 1. The molecule has 4 aliphatic rings. The maximum Gasteiger partial charge on any atom is 0.158 e. The third-order valence-corrected chi connectivity index (χ3v) is 6.63. The molecule has 4 atom stereocenters. The number of likely N-dealkylation sites (tertiary alicyclic amines) is 1. The van der Waals surface area contributed by atoms with Crippen LogP contribution in [0.1, 0.15) is 39.0 Å². The fourth-order valence-electron chi connectivity index (χ4n) is 5.36. The van der Waals surface area contributed by atoms with E-state index in [1.165, 1.54) is 24.8 Å². The third kappa shape index (κ3) is 2.19. The highest BCUT2D eigenvalue weighted by molar-refractivity contribution is 5.80. The minimum Gasteiger partial charge on any atom is -0.362 e. The van der Waals surface area contributed by atoms with Gasteiger partial charge in [0.2, 0.25) is 0 Å². The number of hydrogen-bond donors (Lipinski definition) is 1. The van der Waals surface area contributed by atoms with Crippen LogP contribution in [-0.4, -0.2) is 55.6 Å². The highest BCUT2D eigenvalue weighted by Crippen LogP contribution is 2.54. The first-order valence-corrected chi connectivity index (χ1v) is 8.88. The zero-order chi connectivity index (χ0) is 15.3. The van der Waals surface area contributed by atoms with Gasteiger partial charge in [-0.25, -0.2) is 0 Å². The van der Waals surface area contributed by atoms with E-state index in [0.717, 1.165) is 32.5 Å². The predicted molar refractivity (Wildman–Crippen MR) is 85.7 cm³/mol. The second-order valence-corrected chi connectivity index (χ2v) is 7.81. The van der Waals surface area contributed by atoms with E-state index < -0.39 is 0 Å². The number of carbonyl (C=O) groups is 1. The molecule has 1 spiro atoms. The first-order valence-electron chi connectivity index (χ1n) is 8.88. The van der Waals surface area contributed by atoms with Gasteiger partial charge in [-0.15, -0.1) is 0 Å². The van der Waals surface area contributed by atoms with Gasteiger partial charge >= 0.3 is 0 Å². The molecule has 4 unspecified atom stereocenters. The second-order valence-electron chi connectivity index (χ2n) is 7.81. The molecule has 0 radical (unpaired) electrons. The van der Waals surface area contributed by atoms with Crippen molar-refractivity contribution in [1.29, 1.82) is 0 Å². The highest BCUT2D eigenvalue weighted by atomic mass is 16.5. The van der Waals surface area contributed by atoms with Crippen LogP contribution in [0.4, 0.5) is 0 Å². The molecule has 122 valence electrons. The molecule has 4 heteroatoms. The monoisotopic (exact) mass is 304 g/mol. The average molecular weight is 304 g/mol. The van der Waals surface area contributed by atoms with Crippen molar-refractivity contribution in [1.82, 2.24) is 10.2 Å². The summed E-state index contributed by atoms with van der Waals surface area (Å²) in [7, 11) is 2.22. The highest BCUT2D eigenvalue weighted by Gasteiger charge is 2.56. The van der Waals surface area contributed by atoms with E-state index in [1.54, 1.807) is 6.92 Å². The van der Waals surface area contributed by atoms with Crippen molar-refractivity contribution in [2.75, 3.05) is 26.7 Å². The van der Waals surface area contributed by atoms with E-state index in [4.69, 9.17) is 4.74 Å². The van der Waals surface area contributed by atoms with Crippen LogP contribution in [0.15, 0.2) is 11.6 Å². The van der Waals surface area contributed by atoms with Crippen LogP contribution in [0, 0.1) is 11.3 Å². The number of carbonyl (C=O) groups excluding carboxylic acids is 1. The van der Waals surface area contributed by atoms with Crippen molar-refractivity contribution < 1.29 is 9.53 Å². The summed E-state index contributed by atoms with van der Waals surface area (Å²) >= 11 is 0. The third-order valence-electron chi connectivity index (χ3n) is 6.63. The molecule has 3 fully saturated rings. The van der Waals surface area contributed by atoms with Crippen LogP contribution < -0.4 is 5.32 Å². The number of ketones is 1. The fraction of sp³-hybridized carbons (Fsp3) is 0.833. The summed E-state index contributed by atoms with van der Waals surface area (Å²) in [5.74, 6) is 0.884. The van der Waals surface area contributed by atoms with E-state index in [2.05, 4.69) is 23.3 Å². The van der Waals surface area contributed by atoms with Crippen LogP contribution in [-0.2, 0) is 9.53 Å². The van der Waals surface area contributed by atoms with Crippen LogP contribution in [0.2, 0.25) is 0 Å². The second kappa shape index (κ2) is 5.43. The number of ether oxygens (including phenoxy) is 1. The van der Waals surface area contributed by atoms with Gasteiger partial charge in [-0.05, 0) is 77.2 Å². The number of fused-ring (bicyclic) bond motifs is 4. The minimum absolute atomic E-state index is 0.176. The lowest BCUT2D eigenvalue weighted by Crippen LogP contribution is -2.58. The predicted octanol–water partition coefficient (Wildman–Crippen LogP) is 1.75. The Bertz CT molecular complexity index is 493. The fourth-order valence-corrected chi connectivity index (χ4v) is 5.36. The average Bonchev–Trinajstić information content (AvgIpc) is 2.98. The number of nitrogens with zero attached hydrogens (tertiary/aromatic N) is 1. The van der Waals surface area contributed by atoms with Crippen LogP contribution in [0.3, 0.4) is 0 Å². The SMILES string of the molecule is CC(=O)C1CCC2=CC3NCCC3C3(CCN(C)CC3)C2O1. The van der Waals surface area contributed by atoms with Crippen LogP contribution in [0.25, 0.3) is 0 Å². The van der Waals surface area contributed by atoms with E-state index >= 15 is 0 Å². The lowest BCUT2D eigenvalue weighted by atomic mass is 9.57. The van der Waals surface area contributed by atoms with E-state index in [1.807, 2.05) is 0 Å². The molecule has 3 aliphatic heterocycles. The summed E-state index contributed by atoms with van der Waals surface area (Å²) < 4.78 is 6.42. The molecule has 22 heavy (non-hydrogen) atoms. The minimum atomic E-state index is -0.176. The number of nitrogens with one attached hydrogen (secondary N) is 1. The Morgan fingerprint density at radius 2 is 2.14 bits per heavy atom. The Labute approximate surface area is 133 Å². The molecule has 0 saturated carbocycles. The summed E-state index contributed by atoms with van der Waals surface area (Å²) in [6.07, 6.45) is 8.03. The van der Waals surface area contributed by atoms with Gasteiger partial charge in [0.05, 0.1) is 6.10 Å². The Balaban J connectivity index is 1.69. The molecule has 3 heterocycles.